The van der Waals surface area contributed by atoms with Crippen molar-refractivity contribution in [1.82, 2.24) is 4.98 Å². The topological polar surface area (TPSA) is 55.1 Å². The number of amides is 1. The summed E-state index contributed by atoms with van der Waals surface area (Å²) in [5.74, 6) is 1.38. The molecule has 2 aromatic rings. The van der Waals surface area contributed by atoms with Gasteiger partial charge in [0.25, 0.3) is 0 Å². The van der Waals surface area contributed by atoms with Gasteiger partial charge in [-0.05, 0) is 43.9 Å². The van der Waals surface area contributed by atoms with E-state index in [4.69, 9.17) is 4.42 Å². The molecule has 1 aliphatic carbocycles. The van der Waals surface area contributed by atoms with Crippen molar-refractivity contribution in [3.8, 4) is 11.5 Å². The normalized spacial score (nSPS) is 20.8. The van der Waals surface area contributed by atoms with E-state index >= 15 is 0 Å². The second kappa shape index (κ2) is 4.78. The van der Waals surface area contributed by atoms with Gasteiger partial charge >= 0.3 is 0 Å². The van der Waals surface area contributed by atoms with Gasteiger partial charge in [-0.25, -0.2) is 4.98 Å². The van der Waals surface area contributed by atoms with Crippen LogP contribution in [0.2, 0.25) is 0 Å². The fourth-order valence-corrected chi connectivity index (χ4v) is 2.33. The highest BCUT2D eigenvalue weighted by molar-refractivity contribution is 5.95. The van der Waals surface area contributed by atoms with Gasteiger partial charge in [0, 0.05) is 17.2 Å². The van der Waals surface area contributed by atoms with Crippen molar-refractivity contribution >= 4 is 11.6 Å². The summed E-state index contributed by atoms with van der Waals surface area (Å²) in [6, 6.07) is 5.81. The molecule has 20 heavy (non-hydrogen) atoms. The Morgan fingerprint density at radius 1 is 1.40 bits per heavy atom. The van der Waals surface area contributed by atoms with E-state index < -0.39 is 0 Å². The average molecular weight is 270 g/mol. The maximum Gasteiger partial charge on any atom is 0.227 e. The van der Waals surface area contributed by atoms with Gasteiger partial charge in [0.15, 0.2) is 0 Å². The van der Waals surface area contributed by atoms with Crippen LogP contribution in [0, 0.1) is 25.7 Å². The zero-order valence-electron chi connectivity index (χ0n) is 11.9. The number of nitrogens with zero attached hydrogens (tertiary/aromatic N) is 1. The third kappa shape index (κ3) is 2.46. The van der Waals surface area contributed by atoms with Gasteiger partial charge < -0.3 is 9.73 Å². The van der Waals surface area contributed by atoms with Crippen LogP contribution in [-0.2, 0) is 4.79 Å². The molecule has 1 aliphatic rings. The molecule has 2 atom stereocenters. The van der Waals surface area contributed by atoms with Crippen molar-refractivity contribution in [2.75, 3.05) is 5.32 Å². The Hall–Kier alpha value is -2.10. The molecule has 0 radical (unpaired) electrons. The Morgan fingerprint density at radius 2 is 2.15 bits per heavy atom. The van der Waals surface area contributed by atoms with Crippen LogP contribution in [0.25, 0.3) is 11.5 Å². The summed E-state index contributed by atoms with van der Waals surface area (Å²) in [5.41, 5.74) is 3.63. The van der Waals surface area contributed by atoms with E-state index in [0.29, 0.717) is 11.8 Å². The molecule has 4 heteroatoms. The molecule has 0 aliphatic heterocycles. The SMILES string of the molecule is Cc1coc(-c2cc(NC(=O)[C@@H]3C[C@H]3C)ccc2C)n1. The van der Waals surface area contributed by atoms with Crippen molar-refractivity contribution in [3.63, 3.8) is 0 Å². The Kier molecular flexibility index (Phi) is 3.08. The zero-order valence-corrected chi connectivity index (χ0v) is 11.9. The van der Waals surface area contributed by atoms with Gasteiger partial charge in [-0.15, -0.1) is 0 Å². The molecule has 0 bridgehead atoms. The van der Waals surface area contributed by atoms with Gasteiger partial charge in [0.05, 0.1) is 5.69 Å². The Bertz CT molecular complexity index is 660. The average Bonchev–Trinajstić information content (AvgIpc) is 2.99. The van der Waals surface area contributed by atoms with Crippen LogP contribution in [0.4, 0.5) is 5.69 Å². The molecule has 0 unspecified atom stereocenters. The Labute approximate surface area is 118 Å². The molecule has 4 nitrogen and oxygen atoms in total. The summed E-state index contributed by atoms with van der Waals surface area (Å²) in [7, 11) is 0. The fraction of sp³-hybridized carbons (Fsp3) is 0.375. The molecule has 0 spiro atoms. The minimum absolute atomic E-state index is 0.107. The van der Waals surface area contributed by atoms with Crippen LogP contribution in [-0.4, -0.2) is 10.9 Å². The molecule has 1 saturated carbocycles. The van der Waals surface area contributed by atoms with Crippen molar-refractivity contribution in [1.29, 1.82) is 0 Å². The van der Waals surface area contributed by atoms with Crippen LogP contribution < -0.4 is 5.32 Å². The molecule has 1 amide bonds. The van der Waals surface area contributed by atoms with E-state index in [0.717, 1.165) is 28.9 Å². The number of hydrogen-bond donors (Lipinski definition) is 1. The molecule has 1 aromatic carbocycles. The number of anilines is 1. The predicted octanol–water partition coefficient (Wildman–Crippen LogP) is 3.55. The van der Waals surface area contributed by atoms with Crippen LogP contribution in [0.15, 0.2) is 28.9 Å². The standard InChI is InChI=1S/C16H18N2O2/c1-9-4-5-12(18-15(19)13-6-10(13)2)7-14(9)16-17-11(3)8-20-16/h4-5,7-8,10,13H,6H2,1-3H3,(H,18,19)/t10-,13-/m1/s1. The zero-order chi connectivity index (χ0) is 14.3. The second-order valence-electron chi connectivity index (χ2n) is 5.63. The monoisotopic (exact) mass is 270 g/mol. The minimum Gasteiger partial charge on any atom is -0.444 e. The number of benzene rings is 1. The highest BCUT2D eigenvalue weighted by Crippen LogP contribution is 2.38. The third-order valence-electron chi connectivity index (χ3n) is 3.80. The second-order valence-corrected chi connectivity index (χ2v) is 5.63. The minimum atomic E-state index is 0.107. The lowest BCUT2D eigenvalue weighted by Gasteiger charge is -2.08. The van der Waals surface area contributed by atoms with E-state index in [-0.39, 0.29) is 11.8 Å². The fourth-order valence-electron chi connectivity index (χ4n) is 2.33. The van der Waals surface area contributed by atoms with E-state index in [2.05, 4.69) is 17.2 Å². The summed E-state index contributed by atoms with van der Waals surface area (Å²) in [6.45, 7) is 5.99. The van der Waals surface area contributed by atoms with Crippen LogP contribution in [0.3, 0.4) is 0 Å². The lowest BCUT2D eigenvalue weighted by molar-refractivity contribution is -0.117. The first-order valence-corrected chi connectivity index (χ1v) is 6.88. The van der Waals surface area contributed by atoms with Crippen LogP contribution in [0.5, 0.6) is 0 Å². The number of carbonyl (C=O) groups excluding carboxylic acids is 1. The van der Waals surface area contributed by atoms with Gasteiger partial charge in [-0.1, -0.05) is 13.0 Å². The molecular weight excluding hydrogens is 252 g/mol. The molecule has 1 N–H and O–H groups in total. The van der Waals surface area contributed by atoms with E-state index in [1.54, 1.807) is 6.26 Å². The molecule has 1 fully saturated rings. The van der Waals surface area contributed by atoms with E-state index in [9.17, 15) is 4.79 Å². The lowest BCUT2D eigenvalue weighted by Crippen LogP contribution is -2.14. The van der Waals surface area contributed by atoms with Gasteiger partial charge in [0.2, 0.25) is 11.8 Å². The Balaban J connectivity index is 1.85. The number of aryl methyl sites for hydroxylation is 2. The molecular formula is C16H18N2O2. The molecule has 0 saturated heterocycles. The third-order valence-corrected chi connectivity index (χ3v) is 3.80. The van der Waals surface area contributed by atoms with Crippen molar-refractivity contribution < 1.29 is 9.21 Å². The number of rotatable bonds is 3. The smallest absolute Gasteiger partial charge is 0.227 e. The summed E-state index contributed by atoms with van der Waals surface area (Å²) >= 11 is 0. The molecule has 3 rings (SSSR count). The molecule has 104 valence electrons. The lowest BCUT2D eigenvalue weighted by atomic mass is 10.1. The van der Waals surface area contributed by atoms with Crippen LogP contribution in [0.1, 0.15) is 24.6 Å². The molecule has 1 aromatic heterocycles. The van der Waals surface area contributed by atoms with E-state index in [1.165, 1.54) is 0 Å². The summed E-state index contributed by atoms with van der Waals surface area (Å²) in [6.07, 6.45) is 2.62. The quantitative estimate of drug-likeness (QED) is 0.927. The highest BCUT2D eigenvalue weighted by Gasteiger charge is 2.39. The van der Waals surface area contributed by atoms with Crippen LogP contribution >= 0.6 is 0 Å². The summed E-state index contributed by atoms with van der Waals surface area (Å²) < 4.78 is 5.44. The maximum atomic E-state index is 12.0. The van der Waals surface area contributed by atoms with Crippen molar-refractivity contribution in [2.24, 2.45) is 11.8 Å². The maximum absolute atomic E-state index is 12.0. The van der Waals surface area contributed by atoms with Gasteiger partial charge in [0.1, 0.15) is 6.26 Å². The van der Waals surface area contributed by atoms with Gasteiger partial charge in [-0.2, -0.15) is 0 Å². The number of carbonyl (C=O) groups is 1. The predicted molar refractivity (Wildman–Crippen MR) is 77.3 cm³/mol. The molecule has 1 heterocycles. The number of aromatic nitrogens is 1. The first kappa shape index (κ1) is 12.9. The highest BCUT2D eigenvalue weighted by atomic mass is 16.3. The van der Waals surface area contributed by atoms with Crippen molar-refractivity contribution in [3.05, 3.63) is 35.7 Å². The summed E-state index contributed by atoms with van der Waals surface area (Å²) in [5, 5.41) is 2.97. The number of hydrogen-bond acceptors (Lipinski definition) is 3. The first-order valence-electron chi connectivity index (χ1n) is 6.88. The van der Waals surface area contributed by atoms with Gasteiger partial charge in [-0.3, -0.25) is 4.79 Å². The largest absolute Gasteiger partial charge is 0.444 e. The number of oxazole rings is 1. The van der Waals surface area contributed by atoms with E-state index in [1.807, 2.05) is 32.0 Å². The Morgan fingerprint density at radius 3 is 2.75 bits per heavy atom. The first-order chi connectivity index (χ1) is 9.54. The number of nitrogens with one attached hydrogen (secondary N) is 1. The summed E-state index contributed by atoms with van der Waals surface area (Å²) in [4.78, 5) is 16.3. The van der Waals surface area contributed by atoms with Crippen molar-refractivity contribution in [2.45, 2.75) is 27.2 Å².